The highest BCUT2D eigenvalue weighted by Crippen LogP contribution is 2.30. The number of hydrogen-bond donors (Lipinski definition) is 3. The van der Waals surface area contributed by atoms with E-state index in [9.17, 15) is 4.79 Å². The number of aromatic nitrogens is 4. The average molecular weight is 306 g/mol. The molecule has 4 rings (SSSR count). The highest BCUT2D eigenvalue weighted by Gasteiger charge is 2.16. The fourth-order valence-electron chi connectivity index (χ4n) is 2.87. The Bertz CT molecular complexity index is 1030. The first-order valence-electron chi connectivity index (χ1n) is 7.09. The number of hydrogen-bond acceptors (Lipinski definition) is 4. The van der Waals surface area contributed by atoms with Crippen molar-refractivity contribution in [3.8, 4) is 0 Å². The Kier molecular flexibility index (Phi) is 2.80. The molecule has 0 radical (unpaired) electrons. The van der Waals surface area contributed by atoms with Crippen LogP contribution in [0.1, 0.15) is 16.1 Å². The fraction of sp³-hybridized carbons (Fsp3) is 0.0625. The second-order valence-corrected chi connectivity index (χ2v) is 5.34. The van der Waals surface area contributed by atoms with Crippen LogP contribution >= 0.6 is 0 Å². The van der Waals surface area contributed by atoms with Crippen LogP contribution in [-0.2, 0) is 6.54 Å². The van der Waals surface area contributed by atoms with Crippen LogP contribution in [-0.4, -0.2) is 25.4 Å². The van der Waals surface area contributed by atoms with Crippen molar-refractivity contribution in [2.45, 2.75) is 6.54 Å². The molecule has 0 aliphatic heterocycles. The maximum Gasteiger partial charge on any atom is 0.252 e. The number of pyridine rings is 1. The summed E-state index contributed by atoms with van der Waals surface area (Å²) in [6.07, 6.45) is 3.40. The van der Waals surface area contributed by atoms with Crippen LogP contribution in [0.3, 0.4) is 0 Å². The topological polar surface area (TPSA) is 116 Å². The SMILES string of the molecule is NC(=O)c1cc2c3ccccc3n(Cc3cnc[nH]3)c2nc1N. The molecule has 0 saturated carbocycles. The van der Waals surface area contributed by atoms with Gasteiger partial charge in [-0.05, 0) is 12.1 Å². The second-order valence-electron chi connectivity index (χ2n) is 5.34. The maximum absolute atomic E-state index is 11.5. The number of nitrogens with two attached hydrogens (primary N) is 2. The van der Waals surface area contributed by atoms with Crippen molar-refractivity contribution < 1.29 is 4.79 Å². The number of benzene rings is 1. The predicted octanol–water partition coefficient (Wildman–Crippen LogP) is 1.64. The van der Waals surface area contributed by atoms with Gasteiger partial charge in [-0.15, -0.1) is 0 Å². The number of fused-ring (bicyclic) bond motifs is 3. The zero-order valence-corrected chi connectivity index (χ0v) is 12.2. The summed E-state index contributed by atoms with van der Waals surface area (Å²) in [5.74, 6) is -0.444. The van der Waals surface area contributed by atoms with Crippen LogP contribution in [0.5, 0.6) is 0 Å². The van der Waals surface area contributed by atoms with Crippen molar-refractivity contribution in [2.24, 2.45) is 5.73 Å². The molecule has 0 aliphatic rings. The molecule has 0 spiro atoms. The molecule has 23 heavy (non-hydrogen) atoms. The molecule has 0 saturated heterocycles. The standard InChI is InChI=1S/C16H14N6O/c17-14-12(15(18)23)5-11-10-3-1-2-4-13(10)22(16(11)21-14)7-9-6-19-8-20-9/h1-6,8H,7H2,(H2,17,21)(H2,18,23)(H,19,20). The molecule has 0 atom stereocenters. The van der Waals surface area contributed by atoms with Gasteiger partial charge in [-0.2, -0.15) is 0 Å². The van der Waals surface area contributed by atoms with Crippen molar-refractivity contribution in [3.05, 3.63) is 54.1 Å². The molecule has 114 valence electrons. The molecule has 4 aromatic rings. The minimum Gasteiger partial charge on any atom is -0.383 e. The second kappa shape index (κ2) is 4.84. The van der Waals surface area contributed by atoms with E-state index in [0.717, 1.165) is 22.0 Å². The molecule has 0 aliphatic carbocycles. The number of imidazole rings is 1. The average Bonchev–Trinajstić information content (AvgIpc) is 3.14. The van der Waals surface area contributed by atoms with Gasteiger partial charge in [0.2, 0.25) is 0 Å². The molecule has 0 unspecified atom stereocenters. The molecule has 1 amide bonds. The number of primary amides is 1. The molecule has 5 N–H and O–H groups in total. The molecular weight excluding hydrogens is 292 g/mol. The van der Waals surface area contributed by atoms with Crippen molar-refractivity contribution in [3.63, 3.8) is 0 Å². The largest absolute Gasteiger partial charge is 0.383 e. The smallest absolute Gasteiger partial charge is 0.252 e. The summed E-state index contributed by atoms with van der Waals surface area (Å²) in [4.78, 5) is 23.1. The number of nitrogens with zero attached hydrogens (tertiary/aromatic N) is 3. The lowest BCUT2D eigenvalue weighted by Gasteiger charge is -2.06. The summed E-state index contributed by atoms with van der Waals surface area (Å²) < 4.78 is 2.04. The summed E-state index contributed by atoms with van der Waals surface area (Å²) in [7, 11) is 0. The number of rotatable bonds is 3. The van der Waals surface area contributed by atoms with Crippen LogP contribution in [0.25, 0.3) is 21.9 Å². The first-order valence-corrected chi connectivity index (χ1v) is 7.09. The molecule has 0 bridgehead atoms. The van der Waals surface area contributed by atoms with E-state index in [0.29, 0.717) is 12.2 Å². The number of nitrogen functional groups attached to an aromatic ring is 1. The monoisotopic (exact) mass is 306 g/mol. The van der Waals surface area contributed by atoms with E-state index in [1.807, 2.05) is 28.8 Å². The van der Waals surface area contributed by atoms with Gasteiger partial charge in [-0.1, -0.05) is 18.2 Å². The quantitative estimate of drug-likeness (QED) is 0.533. The zero-order chi connectivity index (χ0) is 16.0. The Hall–Kier alpha value is -3.35. The first-order chi connectivity index (χ1) is 11.1. The van der Waals surface area contributed by atoms with Gasteiger partial charge in [0, 0.05) is 17.0 Å². The third kappa shape index (κ3) is 2.02. The highest BCUT2D eigenvalue weighted by atomic mass is 16.1. The Morgan fingerprint density at radius 3 is 2.83 bits per heavy atom. The number of anilines is 1. The Labute approximate surface area is 130 Å². The van der Waals surface area contributed by atoms with Crippen molar-refractivity contribution in [1.29, 1.82) is 0 Å². The molecule has 0 fully saturated rings. The van der Waals surface area contributed by atoms with Crippen LogP contribution < -0.4 is 11.5 Å². The third-order valence-corrected chi connectivity index (χ3v) is 3.92. The fourth-order valence-corrected chi connectivity index (χ4v) is 2.87. The lowest BCUT2D eigenvalue weighted by Crippen LogP contribution is -2.14. The van der Waals surface area contributed by atoms with Crippen molar-refractivity contribution >= 4 is 33.7 Å². The minimum absolute atomic E-state index is 0.138. The summed E-state index contributed by atoms with van der Waals surface area (Å²) in [5.41, 5.74) is 14.2. The number of amides is 1. The molecule has 7 nitrogen and oxygen atoms in total. The van der Waals surface area contributed by atoms with Gasteiger partial charge < -0.3 is 21.0 Å². The van der Waals surface area contributed by atoms with Gasteiger partial charge in [0.25, 0.3) is 5.91 Å². The molecular formula is C16H14N6O. The van der Waals surface area contributed by atoms with Crippen molar-refractivity contribution in [2.75, 3.05) is 5.73 Å². The lowest BCUT2D eigenvalue weighted by atomic mass is 10.1. The van der Waals surface area contributed by atoms with E-state index >= 15 is 0 Å². The number of para-hydroxylation sites is 1. The van der Waals surface area contributed by atoms with Gasteiger partial charge in [-0.25, -0.2) is 9.97 Å². The molecule has 1 aromatic carbocycles. The van der Waals surface area contributed by atoms with Crippen LogP contribution in [0.15, 0.2) is 42.9 Å². The van der Waals surface area contributed by atoms with E-state index in [1.165, 1.54) is 0 Å². The zero-order valence-electron chi connectivity index (χ0n) is 12.2. The summed E-state index contributed by atoms with van der Waals surface area (Å²) in [6, 6.07) is 9.62. The van der Waals surface area contributed by atoms with Gasteiger partial charge in [-0.3, -0.25) is 4.79 Å². The van der Waals surface area contributed by atoms with Crippen molar-refractivity contribution in [1.82, 2.24) is 19.5 Å². The van der Waals surface area contributed by atoms with E-state index in [2.05, 4.69) is 15.0 Å². The minimum atomic E-state index is -0.581. The van der Waals surface area contributed by atoms with Gasteiger partial charge >= 0.3 is 0 Å². The van der Waals surface area contributed by atoms with E-state index in [-0.39, 0.29) is 11.4 Å². The Morgan fingerprint density at radius 1 is 1.26 bits per heavy atom. The number of H-pyrrole nitrogens is 1. The van der Waals surface area contributed by atoms with E-state index in [1.54, 1.807) is 18.6 Å². The molecule has 3 heterocycles. The maximum atomic E-state index is 11.5. The Balaban J connectivity index is 2.06. The summed E-state index contributed by atoms with van der Waals surface area (Å²) >= 11 is 0. The summed E-state index contributed by atoms with van der Waals surface area (Å²) in [6.45, 7) is 0.576. The first kappa shape index (κ1) is 13.3. The number of nitrogens with one attached hydrogen (secondary N) is 1. The van der Waals surface area contributed by atoms with Gasteiger partial charge in [0.15, 0.2) is 0 Å². The number of aromatic amines is 1. The number of carbonyl (C=O) groups excluding carboxylic acids is 1. The predicted molar refractivity (Wildman–Crippen MR) is 87.9 cm³/mol. The summed E-state index contributed by atoms with van der Waals surface area (Å²) in [5, 5.41) is 1.85. The Morgan fingerprint density at radius 2 is 2.09 bits per heavy atom. The van der Waals surface area contributed by atoms with E-state index < -0.39 is 5.91 Å². The molecule has 7 heteroatoms. The normalized spacial score (nSPS) is 11.3. The lowest BCUT2D eigenvalue weighted by molar-refractivity contribution is 0.100. The number of carbonyl (C=O) groups is 1. The van der Waals surface area contributed by atoms with E-state index in [4.69, 9.17) is 11.5 Å². The molecule has 3 aromatic heterocycles. The van der Waals surface area contributed by atoms with Crippen LogP contribution in [0.2, 0.25) is 0 Å². The third-order valence-electron chi connectivity index (χ3n) is 3.92. The van der Waals surface area contributed by atoms with Crippen LogP contribution in [0, 0.1) is 0 Å². The van der Waals surface area contributed by atoms with Gasteiger partial charge in [0.1, 0.15) is 11.5 Å². The highest BCUT2D eigenvalue weighted by molar-refractivity contribution is 6.10. The van der Waals surface area contributed by atoms with Gasteiger partial charge in [0.05, 0.1) is 29.6 Å². The van der Waals surface area contributed by atoms with Crippen LogP contribution in [0.4, 0.5) is 5.82 Å².